The molecule has 27 heavy (non-hydrogen) atoms. The van der Waals surface area contributed by atoms with Crippen molar-refractivity contribution in [2.24, 2.45) is 5.92 Å². The molecule has 0 amide bonds. The Morgan fingerprint density at radius 1 is 1.19 bits per heavy atom. The van der Waals surface area contributed by atoms with E-state index in [9.17, 15) is 0 Å². The lowest BCUT2D eigenvalue weighted by Gasteiger charge is -2.15. The molecule has 0 saturated heterocycles. The fourth-order valence-corrected chi connectivity index (χ4v) is 3.64. The summed E-state index contributed by atoms with van der Waals surface area (Å²) < 4.78 is 7.38. The summed E-state index contributed by atoms with van der Waals surface area (Å²) in [6, 6.07) is 4.15. The Hall–Kier alpha value is -2.63. The Labute approximate surface area is 160 Å². The van der Waals surface area contributed by atoms with Crippen molar-refractivity contribution in [1.29, 1.82) is 0 Å². The monoisotopic (exact) mass is 365 g/mol. The number of aromatic nitrogens is 4. The summed E-state index contributed by atoms with van der Waals surface area (Å²) in [6.07, 6.45) is 8.27. The van der Waals surface area contributed by atoms with E-state index in [1.807, 2.05) is 19.2 Å². The van der Waals surface area contributed by atoms with Gasteiger partial charge in [0.2, 0.25) is 5.95 Å². The topological polar surface area (TPSA) is 64.3 Å². The van der Waals surface area contributed by atoms with Crippen LogP contribution in [0.4, 0.5) is 11.6 Å². The smallest absolute Gasteiger partial charge is 0.232 e. The van der Waals surface area contributed by atoms with Gasteiger partial charge in [0.25, 0.3) is 0 Å². The van der Waals surface area contributed by atoms with Crippen molar-refractivity contribution in [1.82, 2.24) is 19.6 Å². The fraction of sp³-hybridized carbons (Fsp3) is 0.476. The molecule has 142 valence electrons. The third kappa shape index (κ3) is 3.75. The van der Waals surface area contributed by atoms with E-state index < -0.39 is 0 Å². The Bertz CT molecular complexity index is 974. The van der Waals surface area contributed by atoms with Gasteiger partial charge in [-0.3, -0.25) is 0 Å². The highest BCUT2D eigenvalue weighted by Gasteiger charge is 2.21. The SMILES string of the molecule is COc1cc(C)cc(C)c1Nc1nc(C)nc2c(CCCC3CC3)cnn12. The summed E-state index contributed by atoms with van der Waals surface area (Å²) in [5.41, 5.74) is 5.26. The molecule has 0 unspecified atom stereocenters. The molecule has 1 aromatic carbocycles. The molecule has 2 aromatic heterocycles. The van der Waals surface area contributed by atoms with Gasteiger partial charge >= 0.3 is 0 Å². The van der Waals surface area contributed by atoms with Crippen LogP contribution in [-0.2, 0) is 6.42 Å². The van der Waals surface area contributed by atoms with E-state index in [4.69, 9.17) is 4.74 Å². The minimum atomic E-state index is 0.663. The molecule has 1 aliphatic rings. The number of ether oxygens (including phenoxy) is 1. The predicted molar refractivity (Wildman–Crippen MR) is 107 cm³/mol. The summed E-state index contributed by atoms with van der Waals surface area (Å²) >= 11 is 0. The van der Waals surface area contributed by atoms with Crippen molar-refractivity contribution < 1.29 is 4.74 Å². The van der Waals surface area contributed by atoms with Crippen molar-refractivity contribution in [3.8, 4) is 5.75 Å². The second-order valence-corrected chi connectivity index (χ2v) is 7.62. The highest BCUT2D eigenvalue weighted by atomic mass is 16.5. The zero-order chi connectivity index (χ0) is 19.0. The number of rotatable bonds is 7. The van der Waals surface area contributed by atoms with Crippen molar-refractivity contribution in [3.63, 3.8) is 0 Å². The molecule has 2 heterocycles. The minimum Gasteiger partial charge on any atom is -0.495 e. The Morgan fingerprint density at radius 3 is 2.74 bits per heavy atom. The first-order chi connectivity index (χ1) is 13.0. The highest BCUT2D eigenvalue weighted by molar-refractivity contribution is 5.69. The van der Waals surface area contributed by atoms with E-state index in [1.54, 1.807) is 11.6 Å². The first kappa shape index (κ1) is 17.8. The Kier molecular flexibility index (Phi) is 4.72. The number of methoxy groups -OCH3 is 1. The zero-order valence-electron chi connectivity index (χ0n) is 16.5. The van der Waals surface area contributed by atoms with Gasteiger partial charge in [0.1, 0.15) is 11.6 Å². The van der Waals surface area contributed by atoms with E-state index in [1.165, 1.54) is 31.2 Å². The van der Waals surface area contributed by atoms with E-state index in [-0.39, 0.29) is 0 Å². The molecule has 4 rings (SSSR count). The Morgan fingerprint density at radius 2 is 2.00 bits per heavy atom. The predicted octanol–water partition coefficient (Wildman–Crippen LogP) is 4.53. The first-order valence-electron chi connectivity index (χ1n) is 9.68. The zero-order valence-corrected chi connectivity index (χ0v) is 16.5. The van der Waals surface area contributed by atoms with E-state index in [0.717, 1.165) is 46.4 Å². The summed E-state index contributed by atoms with van der Waals surface area (Å²) in [4.78, 5) is 9.24. The maximum Gasteiger partial charge on any atom is 0.232 e. The molecule has 1 N–H and O–H groups in total. The number of fused-ring (bicyclic) bond motifs is 1. The Balaban J connectivity index is 1.67. The number of hydrogen-bond donors (Lipinski definition) is 1. The van der Waals surface area contributed by atoms with Gasteiger partial charge in [-0.2, -0.15) is 14.6 Å². The lowest BCUT2D eigenvalue weighted by Crippen LogP contribution is -2.08. The lowest BCUT2D eigenvalue weighted by molar-refractivity contribution is 0.416. The molecule has 0 radical (unpaired) electrons. The third-order valence-corrected chi connectivity index (χ3v) is 5.21. The second-order valence-electron chi connectivity index (χ2n) is 7.62. The van der Waals surface area contributed by atoms with E-state index >= 15 is 0 Å². The molecule has 3 aromatic rings. The van der Waals surface area contributed by atoms with Gasteiger partial charge < -0.3 is 10.1 Å². The van der Waals surface area contributed by atoms with Crippen LogP contribution in [0.1, 0.15) is 48.2 Å². The lowest BCUT2D eigenvalue weighted by atomic mass is 10.1. The third-order valence-electron chi connectivity index (χ3n) is 5.21. The molecular formula is C21H27N5O. The number of nitrogens with zero attached hydrogens (tertiary/aromatic N) is 4. The summed E-state index contributed by atoms with van der Waals surface area (Å²) in [6.45, 7) is 6.05. The molecule has 1 fully saturated rings. The summed E-state index contributed by atoms with van der Waals surface area (Å²) in [5.74, 6) is 3.15. The minimum absolute atomic E-state index is 0.663. The number of anilines is 2. The van der Waals surface area contributed by atoms with Crippen LogP contribution in [0, 0.1) is 26.7 Å². The van der Waals surface area contributed by atoms with Crippen LogP contribution in [-0.4, -0.2) is 26.7 Å². The molecule has 0 bridgehead atoms. The molecule has 1 aliphatic carbocycles. The first-order valence-corrected chi connectivity index (χ1v) is 9.68. The molecule has 0 spiro atoms. The number of hydrogen-bond acceptors (Lipinski definition) is 5. The van der Waals surface area contributed by atoms with Crippen molar-refractivity contribution in [2.45, 2.75) is 52.9 Å². The second kappa shape index (κ2) is 7.18. The fourth-order valence-electron chi connectivity index (χ4n) is 3.64. The van der Waals surface area contributed by atoms with Gasteiger partial charge in [-0.1, -0.05) is 25.3 Å². The van der Waals surface area contributed by atoms with Gasteiger partial charge in [0.15, 0.2) is 5.65 Å². The molecular weight excluding hydrogens is 338 g/mol. The van der Waals surface area contributed by atoms with Crippen LogP contribution in [0.15, 0.2) is 18.3 Å². The standard InChI is InChI=1S/C21H27N5O/c1-13-10-14(2)19(18(11-13)27-4)25-21-24-15(3)23-20-17(12-22-26(20)21)7-5-6-16-8-9-16/h10-12,16H,5-9H2,1-4H3,(H,23,24,25). The average molecular weight is 365 g/mol. The molecule has 6 nitrogen and oxygen atoms in total. The highest BCUT2D eigenvalue weighted by Crippen LogP contribution is 2.34. The van der Waals surface area contributed by atoms with Crippen LogP contribution >= 0.6 is 0 Å². The number of benzene rings is 1. The van der Waals surface area contributed by atoms with Crippen molar-refractivity contribution in [3.05, 3.63) is 40.8 Å². The number of nitrogens with one attached hydrogen (secondary N) is 1. The van der Waals surface area contributed by atoms with Crippen LogP contribution in [0.25, 0.3) is 5.65 Å². The summed E-state index contributed by atoms with van der Waals surface area (Å²) in [7, 11) is 1.69. The van der Waals surface area contributed by atoms with Crippen LogP contribution in [0.3, 0.4) is 0 Å². The maximum absolute atomic E-state index is 5.57. The van der Waals surface area contributed by atoms with Crippen molar-refractivity contribution >= 4 is 17.3 Å². The average Bonchev–Trinajstić information content (AvgIpc) is 3.37. The van der Waals surface area contributed by atoms with Gasteiger partial charge in [-0.05, 0) is 56.7 Å². The quantitative estimate of drug-likeness (QED) is 0.666. The van der Waals surface area contributed by atoms with Gasteiger partial charge in [-0.15, -0.1) is 0 Å². The van der Waals surface area contributed by atoms with Crippen molar-refractivity contribution in [2.75, 3.05) is 12.4 Å². The van der Waals surface area contributed by atoms with E-state index in [2.05, 4.69) is 40.3 Å². The summed E-state index contributed by atoms with van der Waals surface area (Å²) in [5, 5.41) is 7.99. The normalized spacial score (nSPS) is 13.9. The molecule has 0 aliphatic heterocycles. The molecule has 1 saturated carbocycles. The van der Waals surface area contributed by atoms with E-state index in [0.29, 0.717) is 5.95 Å². The van der Waals surface area contributed by atoms with Gasteiger partial charge in [0, 0.05) is 5.56 Å². The van der Waals surface area contributed by atoms with Crippen LogP contribution in [0.5, 0.6) is 5.75 Å². The van der Waals surface area contributed by atoms with Gasteiger partial charge in [-0.25, -0.2) is 4.98 Å². The largest absolute Gasteiger partial charge is 0.495 e. The molecule has 6 heteroatoms. The molecule has 0 atom stereocenters. The maximum atomic E-state index is 5.57. The number of aryl methyl sites for hydroxylation is 4. The van der Waals surface area contributed by atoms with Crippen LogP contribution in [0.2, 0.25) is 0 Å². The van der Waals surface area contributed by atoms with Crippen LogP contribution < -0.4 is 10.1 Å². The van der Waals surface area contributed by atoms with Gasteiger partial charge in [0.05, 0.1) is 19.0 Å².